The molecule has 1 N–H and O–H groups in total. The second-order valence-corrected chi connectivity index (χ2v) is 8.21. The zero-order chi connectivity index (χ0) is 19.8. The lowest BCUT2D eigenvalue weighted by Gasteiger charge is -2.20. The molecule has 0 saturated heterocycles. The van der Waals surface area contributed by atoms with Crippen molar-refractivity contribution in [2.45, 2.75) is 24.4 Å². The molecule has 0 fully saturated rings. The smallest absolute Gasteiger partial charge is 0.263 e. The standard InChI is InChI=1S/C18H17ClFN3O3S/c1-11(18(24)23(2)10-13-14(19)7-5-8-15(13)20)21-17-12-6-3-4-9-16(12)27(25,26)22-17/h3-9,11H,10H2,1-2H3,(H,21,22). The van der Waals surface area contributed by atoms with Crippen LogP contribution in [0.3, 0.4) is 0 Å². The van der Waals surface area contributed by atoms with E-state index in [0.717, 1.165) is 0 Å². The van der Waals surface area contributed by atoms with Crippen molar-refractivity contribution in [3.8, 4) is 0 Å². The Morgan fingerprint density at radius 2 is 1.96 bits per heavy atom. The molecule has 0 aromatic heterocycles. The number of sulfonamides is 1. The van der Waals surface area contributed by atoms with Gasteiger partial charge in [0.25, 0.3) is 10.0 Å². The minimum atomic E-state index is -3.68. The number of hydrogen-bond donors (Lipinski definition) is 1. The Morgan fingerprint density at radius 3 is 2.67 bits per heavy atom. The molecule has 1 aliphatic rings. The number of rotatable bonds is 4. The Bertz CT molecular complexity index is 1020. The summed E-state index contributed by atoms with van der Waals surface area (Å²) in [5.74, 6) is -0.784. The molecule has 9 heteroatoms. The average molecular weight is 410 g/mol. The van der Waals surface area contributed by atoms with Crippen LogP contribution in [-0.2, 0) is 21.4 Å². The molecule has 2 aromatic carbocycles. The summed E-state index contributed by atoms with van der Waals surface area (Å²) in [6.45, 7) is 1.52. The number of carbonyl (C=O) groups is 1. The molecule has 1 unspecified atom stereocenters. The van der Waals surface area contributed by atoms with Gasteiger partial charge in [0.05, 0.1) is 4.90 Å². The van der Waals surface area contributed by atoms with Crippen LogP contribution in [0.2, 0.25) is 5.02 Å². The molecule has 1 aliphatic heterocycles. The largest absolute Gasteiger partial charge is 0.339 e. The van der Waals surface area contributed by atoms with Crippen LogP contribution in [0.1, 0.15) is 18.1 Å². The number of benzene rings is 2. The number of halogens is 2. The number of nitrogens with zero attached hydrogens (tertiary/aromatic N) is 2. The predicted octanol–water partition coefficient (Wildman–Crippen LogP) is 2.56. The van der Waals surface area contributed by atoms with Gasteiger partial charge >= 0.3 is 0 Å². The second kappa shape index (κ2) is 7.28. The summed E-state index contributed by atoms with van der Waals surface area (Å²) >= 11 is 6.00. The van der Waals surface area contributed by atoms with Gasteiger partial charge in [-0.15, -0.1) is 0 Å². The SMILES string of the molecule is CC(N=C1NS(=O)(=O)c2ccccc21)C(=O)N(C)Cc1c(F)cccc1Cl. The van der Waals surface area contributed by atoms with Gasteiger partial charge in [-0.05, 0) is 31.2 Å². The van der Waals surface area contributed by atoms with Crippen molar-refractivity contribution in [1.29, 1.82) is 0 Å². The maximum absolute atomic E-state index is 13.9. The average Bonchev–Trinajstić information content (AvgIpc) is 2.88. The quantitative estimate of drug-likeness (QED) is 0.842. The van der Waals surface area contributed by atoms with E-state index < -0.39 is 27.8 Å². The van der Waals surface area contributed by atoms with E-state index in [-0.39, 0.29) is 27.9 Å². The maximum atomic E-state index is 13.9. The fourth-order valence-electron chi connectivity index (χ4n) is 2.80. The lowest BCUT2D eigenvalue weighted by Crippen LogP contribution is -2.35. The summed E-state index contributed by atoms with van der Waals surface area (Å²) in [5.41, 5.74) is 0.624. The molecule has 3 rings (SSSR count). The normalized spacial score (nSPS) is 17.3. The number of fused-ring (bicyclic) bond motifs is 1. The molecule has 0 saturated carbocycles. The van der Waals surface area contributed by atoms with E-state index in [1.807, 2.05) is 0 Å². The first-order valence-electron chi connectivity index (χ1n) is 8.08. The second-order valence-electron chi connectivity index (χ2n) is 6.15. The van der Waals surface area contributed by atoms with Crippen LogP contribution in [0.25, 0.3) is 0 Å². The molecule has 1 heterocycles. The Kier molecular flexibility index (Phi) is 5.21. The number of amides is 1. The Balaban J connectivity index is 1.81. The van der Waals surface area contributed by atoms with E-state index >= 15 is 0 Å². The fraction of sp³-hybridized carbons (Fsp3) is 0.222. The van der Waals surface area contributed by atoms with Crippen LogP contribution in [0.15, 0.2) is 52.4 Å². The molecule has 0 aliphatic carbocycles. The summed E-state index contributed by atoms with van der Waals surface area (Å²) in [5, 5.41) is 0.228. The van der Waals surface area contributed by atoms with Gasteiger partial charge in [0.15, 0.2) is 0 Å². The summed E-state index contributed by atoms with van der Waals surface area (Å²) < 4.78 is 40.5. The van der Waals surface area contributed by atoms with Crippen molar-refractivity contribution in [2.75, 3.05) is 7.05 Å². The Morgan fingerprint density at radius 1 is 1.26 bits per heavy atom. The zero-order valence-corrected chi connectivity index (χ0v) is 16.2. The van der Waals surface area contributed by atoms with Crippen LogP contribution in [0.5, 0.6) is 0 Å². The first-order valence-corrected chi connectivity index (χ1v) is 9.94. The molecule has 0 radical (unpaired) electrons. The van der Waals surface area contributed by atoms with Crippen molar-refractivity contribution in [1.82, 2.24) is 9.62 Å². The highest BCUT2D eigenvalue weighted by Crippen LogP contribution is 2.23. The lowest BCUT2D eigenvalue weighted by molar-refractivity contribution is -0.131. The highest BCUT2D eigenvalue weighted by Gasteiger charge is 2.31. The highest BCUT2D eigenvalue weighted by molar-refractivity contribution is 7.90. The third-order valence-electron chi connectivity index (χ3n) is 4.18. The number of amidine groups is 1. The van der Waals surface area contributed by atoms with E-state index in [2.05, 4.69) is 9.71 Å². The van der Waals surface area contributed by atoms with E-state index in [1.54, 1.807) is 31.2 Å². The number of nitrogens with one attached hydrogen (secondary N) is 1. The van der Waals surface area contributed by atoms with Gasteiger partial charge in [0, 0.05) is 29.7 Å². The molecule has 27 heavy (non-hydrogen) atoms. The summed E-state index contributed by atoms with van der Waals surface area (Å²) in [6.07, 6.45) is 0. The van der Waals surface area contributed by atoms with Gasteiger partial charge < -0.3 is 4.90 Å². The molecule has 0 bridgehead atoms. The number of carbonyl (C=O) groups excluding carboxylic acids is 1. The van der Waals surface area contributed by atoms with Crippen LogP contribution in [0, 0.1) is 5.82 Å². The van der Waals surface area contributed by atoms with Crippen molar-refractivity contribution in [3.63, 3.8) is 0 Å². The van der Waals surface area contributed by atoms with Crippen molar-refractivity contribution in [3.05, 3.63) is 64.4 Å². The maximum Gasteiger partial charge on any atom is 0.263 e. The van der Waals surface area contributed by atoms with Crippen LogP contribution < -0.4 is 4.72 Å². The van der Waals surface area contributed by atoms with Crippen molar-refractivity contribution < 1.29 is 17.6 Å². The highest BCUT2D eigenvalue weighted by atomic mass is 35.5. The molecule has 6 nitrogen and oxygen atoms in total. The van der Waals surface area contributed by atoms with Crippen molar-refractivity contribution in [2.24, 2.45) is 4.99 Å². The number of hydrogen-bond acceptors (Lipinski definition) is 4. The van der Waals surface area contributed by atoms with Gasteiger partial charge in [-0.1, -0.05) is 29.8 Å². The van der Waals surface area contributed by atoms with Crippen LogP contribution in [0.4, 0.5) is 4.39 Å². The molecular weight excluding hydrogens is 393 g/mol. The topological polar surface area (TPSA) is 78.8 Å². The monoisotopic (exact) mass is 409 g/mol. The van der Waals surface area contributed by atoms with Crippen LogP contribution in [-0.4, -0.2) is 38.2 Å². The molecule has 1 amide bonds. The number of aliphatic imine (C=N–C) groups is 1. The van der Waals surface area contributed by atoms with E-state index in [0.29, 0.717) is 5.56 Å². The Hall–Kier alpha value is -2.45. The first-order chi connectivity index (χ1) is 12.7. The van der Waals surface area contributed by atoms with Gasteiger partial charge in [-0.3, -0.25) is 14.5 Å². The van der Waals surface area contributed by atoms with Crippen molar-refractivity contribution >= 4 is 33.4 Å². The van der Waals surface area contributed by atoms with E-state index in [9.17, 15) is 17.6 Å². The molecular formula is C18H17ClFN3O3S. The van der Waals surface area contributed by atoms with Gasteiger partial charge in [0.1, 0.15) is 17.7 Å². The fourth-order valence-corrected chi connectivity index (χ4v) is 4.26. The summed E-state index contributed by atoms with van der Waals surface area (Å²) in [6, 6.07) is 9.83. The van der Waals surface area contributed by atoms with Crippen LogP contribution >= 0.6 is 11.6 Å². The summed E-state index contributed by atoms with van der Waals surface area (Å²) in [7, 11) is -2.17. The minimum absolute atomic E-state index is 0.0259. The van der Waals surface area contributed by atoms with Gasteiger partial charge in [0.2, 0.25) is 5.91 Å². The van der Waals surface area contributed by atoms with Gasteiger partial charge in [-0.25, -0.2) is 12.8 Å². The summed E-state index contributed by atoms with van der Waals surface area (Å²) in [4.78, 5) is 18.3. The number of likely N-dealkylation sites (N-methyl/N-ethyl adjacent to an activating group) is 1. The van der Waals surface area contributed by atoms with Gasteiger partial charge in [-0.2, -0.15) is 0 Å². The predicted molar refractivity (Wildman–Crippen MR) is 101 cm³/mol. The lowest BCUT2D eigenvalue weighted by atomic mass is 10.2. The first kappa shape index (κ1) is 19.3. The van der Waals surface area contributed by atoms with E-state index in [4.69, 9.17) is 11.6 Å². The molecule has 142 valence electrons. The minimum Gasteiger partial charge on any atom is -0.339 e. The molecule has 1 atom stereocenters. The third-order valence-corrected chi connectivity index (χ3v) is 5.93. The molecule has 2 aromatic rings. The third kappa shape index (κ3) is 3.81. The van der Waals surface area contributed by atoms with E-state index in [1.165, 1.54) is 30.1 Å². The Labute approximate surface area is 161 Å². The molecule has 0 spiro atoms. The zero-order valence-electron chi connectivity index (χ0n) is 14.6.